The van der Waals surface area contributed by atoms with Gasteiger partial charge in [-0.1, -0.05) is 0 Å². The number of carbonyl (C=O) groups is 1. The number of ether oxygens (including phenoxy) is 1. The fourth-order valence-electron chi connectivity index (χ4n) is 1.89. The van der Waals surface area contributed by atoms with Gasteiger partial charge in [-0.05, 0) is 12.8 Å². The van der Waals surface area contributed by atoms with Gasteiger partial charge in [0, 0.05) is 24.4 Å². The molecule has 1 aliphatic rings. The van der Waals surface area contributed by atoms with E-state index < -0.39 is 17.6 Å². The summed E-state index contributed by atoms with van der Waals surface area (Å²) >= 11 is 5.55. The van der Waals surface area contributed by atoms with E-state index >= 15 is 0 Å². The molecule has 0 aliphatic carbocycles. The lowest BCUT2D eigenvalue weighted by atomic mass is 9.91. The van der Waals surface area contributed by atoms with Gasteiger partial charge in [0.05, 0.1) is 7.11 Å². The molecule has 1 fully saturated rings. The molecule has 0 spiro atoms. The van der Waals surface area contributed by atoms with E-state index in [1.807, 2.05) is 0 Å². The number of halogens is 3. The van der Waals surface area contributed by atoms with E-state index in [1.165, 1.54) is 7.11 Å². The Balaban J connectivity index is 2.83. The monoisotopic (exact) mass is 253 g/mol. The molecule has 1 saturated heterocycles. The van der Waals surface area contributed by atoms with Crippen LogP contribution in [0.25, 0.3) is 0 Å². The number of hydrogen-bond acceptors (Lipinski definition) is 3. The summed E-state index contributed by atoms with van der Waals surface area (Å²) in [5.74, 6) is -0.119. The van der Waals surface area contributed by atoms with Gasteiger partial charge < -0.3 is 4.74 Å². The molecule has 3 nitrogen and oxygen atoms in total. The molecule has 0 radical (unpaired) electrons. The Morgan fingerprint density at radius 2 is 2.31 bits per heavy atom. The van der Waals surface area contributed by atoms with Crippen LogP contribution in [-0.2, 0) is 9.53 Å². The summed E-state index contributed by atoms with van der Waals surface area (Å²) in [4.78, 5) is 11.6. The van der Waals surface area contributed by atoms with Crippen LogP contribution < -0.4 is 5.32 Å². The maximum atomic E-state index is 12.4. The fourth-order valence-corrected chi connectivity index (χ4v) is 2.02. The summed E-state index contributed by atoms with van der Waals surface area (Å²) in [7, 11) is 1.25. The molecule has 1 N–H and O–H groups in total. The zero-order valence-corrected chi connectivity index (χ0v) is 9.74. The Hall–Kier alpha value is -0.680. The van der Waals surface area contributed by atoms with Gasteiger partial charge >= 0.3 is 5.97 Å². The number of alkyl halides is 1. The number of hydrogen-bond donors (Lipinski definition) is 1. The second-order valence-corrected chi connectivity index (χ2v) is 4.14. The van der Waals surface area contributed by atoms with Crippen molar-refractivity contribution in [3.8, 4) is 0 Å². The van der Waals surface area contributed by atoms with Crippen molar-refractivity contribution in [2.75, 3.05) is 19.5 Å². The minimum atomic E-state index is -1.72. The molecule has 1 unspecified atom stereocenters. The third-order valence-corrected chi connectivity index (χ3v) is 3.00. The number of esters is 1. The highest BCUT2D eigenvalue weighted by molar-refractivity contribution is 6.17. The van der Waals surface area contributed by atoms with Crippen molar-refractivity contribution in [3.63, 3.8) is 0 Å². The minimum absolute atomic E-state index is 0.00110. The second-order valence-electron chi connectivity index (χ2n) is 3.76. The first kappa shape index (κ1) is 13.4. The van der Waals surface area contributed by atoms with Crippen LogP contribution in [0.4, 0.5) is 8.78 Å². The van der Waals surface area contributed by atoms with Gasteiger partial charge in [0.1, 0.15) is 5.54 Å². The van der Waals surface area contributed by atoms with Crippen molar-refractivity contribution in [1.82, 2.24) is 5.32 Å². The van der Waals surface area contributed by atoms with Crippen LogP contribution >= 0.6 is 11.6 Å². The Morgan fingerprint density at radius 3 is 2.75 bits per heavy atom. The molecule has 0 aromatic rings. The molecule has 92 valence electrons. The molecule has 1 atom stereocenters. The van der Waals surface area contributed by atoms with Gasteiger partial charge in [0.2, 0.25) is 0 Å². The van der Waals surface area contributed by atoms with Gasteiger partial charge in [-0.2, -0.15) is 8.78 Å². The molecule has 0 bridgehead atoms. The van der Waals surface area contributed by atoms with Crippen LogP contribution in [-0.4, -0.2) is 31.0 Å². The van der Waals surface area contributed by atoms with E-state index in [1.54, 1.807) is 0 Å². The number of carbonyl (C=O) groups excluding carboxylic acids is 1. The van der Waals surface area contributed by atoms with Crippen LogP contribution in [0.1, 0.15) is 19.3 Å². The SMILES string of the molecule is COC(=O)C1(CCCCl)CC(=C(F)F)CN1. The lowest BCUT2D eigenvalue weighted by Crippen LogP contribution is -2.48. The zero-order chi connectivity index (χ0) is 12.2. The topological polar surface area (TPSA) is 38.3 Å². The predicted molar refractivity (Wildman–Crippen MR) is 56.6 cm³/mol. The summed E-state index contributed by atoms with van der Waals surface area (Å²) in [5.41, 5.74) is -1.05. The summed E-state index contributed by atoms with van der Waals surface area (Å²) in [5, 5.41) is 2.82. The zero-order valence-electron chi connectivity index (χ0n) is 8.99. The summed E-state index contributed by atoms with van der Waals surface area (Å²) in [6, 6.07) is 0. The van der Waals surface area contributed by atoms with E-state index in [-0.39, 0.29) is 18.5 Å². The maximum Gasteiger partial charge on any atom is 0.326 e. The lowest BCUT2D eigenvalue weighted by Gasteiger charge is -2.25. The fraction of sp³-hybridized carbons (Fsp3) is 0.700. The number of rotatable bonds is 4. The van der Waals surface area contributed by atoms with Crippen molar-refractivity contribution in [2.24, 2.45) is 0 Å². The first-order valence-electron chi connectivity index (χ1n) is 4.98. The summed E-state index contributed by atoms with van der Waals surface area (Å²) in [6.45, 7) is 0.0275. The Labute approximate surface area is 97.8 Å². The van der Waals surface area contributed by atoms with E-state index in [4.69, 9.17) is 11.6 Å². The molecule has 0 saturated carbocycles. The van der Waals surface area contributed by atoms with Crippen LogP contribution in [0.3, 0.4) is 0 Å². The highest BCUT2D eigenvalue weighted by Crippen LogP contribution is 2.32. The third-order valence-electron chi connectivity index (χ3n) is 2.74. The maximum absolute atomic E-state index is 12.4. The highest BCUT2D eigenvalue weighted by Gasteiger charge is 2.44. The Kier molecular flexibility index (Phi) is 4.68. The lowest BCUT2D eigenvalue weighted by molar-refractivity contribution is -0.148. The molecule has 0 aromatic heterocycles. The molecule has 1 heterocycles. The first-order chi connectivity index (χ1) is 7.55. The van der Waals surface area contributed by atoms with Crippen LogP contribution in [0.2, 0.25) is 0 Å². The summed E-state index contributed by atoms with van der Waals surface area (Å²) < 4.78 is 29.5. The standard InChI is InChI=1S/C10H14ClF2NO2/c1-16-9(15)10(3-2-4-11)5-7(6-14-10)8(12)13/h14H,2-6H2,1H3. The molecule has 16 heavy (non-hydrogen) atoms. The van der Waals surface area contributed by atoms with Crippen molar-refractivity contribution in [1.29, 1.82) is 0 Å². The quantitative estimate of drug-likeness (QED) is 0.616. The van der Waals surface area contributed by atoms with Crippen molar-refractivity contribution in [3.05, 3.63) is 11.7 Å². The molecular weight excluding hydrogens is 240 g/mol. The average Bonchev–Trinajstić information content (AvgIpc) is 2.71. The van der Waals surface area contributed by atoms with Gasteiger partial charge in [-0.25, -0.2) is 0 Å². The van der Waals surface area contributed by atoms with Gasteiger partial charge in [-0.3, -0.25) is 10.1 Å². The second kappa shape index (κ2) is 5.59. The van der Waals surface area contributed by atoms with Crippen molar-refractivity contribution in [2.45, 2.75) is 24.8 Å². The van der Waals surface area contributed by atoms with Gasteiger partial charge in [0.25, 0.3) is 6.08 Å². The predicted octanol–water partition coefficient (Wildman–Crippen LogP) is 2.06. The Bertz CT molecular complexity index is 305. The summed E-state index contributed by atoms with van der Waals surface area (Å²) in [6.07, 6.45) is -0.742. The molecule has 6 heteroatoms. The third kappa shape index (κ3) is 2.71. The minimum Gasteiger partial charge on any atom is -0.468 e. The van der Waals surface area contributed by atoms with E-state index in [0.717, 1.165) is 0 Å². The van der Waals surface area contributed by atoms with E-state index in [2.05, 4.69) is 10.1 Å². The van der Waals surface area contributed by atoms with Crippen molar-refractivity contribution < 1.29 is 18.3 Å². The van der Waals surface area contributed by atoms with Crippen molar-refractivity contribution >= 4 is 17.6 Å². The number of nitrogens with one attached hydrogen (secondary N) is 1. The Morgan fingerprint density at radius 1 is 1.62 bits per heavy atom. The molecular formula is C10H14ClF2NO2. The highest BCUT2D eigenvalue weighted by atomic mass is 35.5. The molecule has 0 amide bonds. The van der Waals surface area contributed by atoms with E-state index in [0.29, 0.717) is 18.7 Å². The smallest absolute Gasteiger partial charge is 0.326 e. The number of methoxy groups -OCH3 is 1. The first-order valence-corrected chi connectivity index (χ1v) is 5.51. The van der Waals surface area contributed by atoms with Crippen LogP contribution in [0, 0.1) is 0 Å². The van der Waals surface area contributed by atoms with Gasteiger partial charge in [-0.15, -0.1) is 11.6 Å². The van der Waals surface area contributed by atoms with Crippen LogP contribution in [0.5, 0.6) is 0 Å². The normalized spacial score (nSPS) is 24.6. The van der Waals surface area contributed by atoms with Crippen LogP contribution in [0.15, 0.2) is 11.7 Å². The van der Waals surface area contributed by atoms with Gasteiger partial charge in [0.15, 0.2) is 0 Å². The largest absolute Gasteiger partial charge is 0.468 e. The molecule has 0 aromatic carbocycles. The average molecular weight is 254 g/mol. The molecule has 1 rings (SSSR count). The van der Waals surface area contributed by atoms with E-state index in [9.17, 15) is 13.6 Å². The molecule has 1 aliphatic heterocycles.